The van der Waals surface area contributed by atoms with Gasteiger partial charge >= 0.3 is 18.4 Å². The normalized spacial score (nSPS) is 16.4. The van der Waals surface area contributed by atoms with Gasteiger partial charge < -0.3 is 15.4 Å². The van der Waals surface area contributed by atoms with Crippen LogP contribution >= 0.6 is 0 Å². The fourth-order valence-electron chi connectivity index (χ4n) is 4.60. The Hall–Kier alpha value is -4.02. The molecule has 2 aromatic rings. The molecule has 262 valence electrons. The van der Waals surface area contributed by atoms with Crippen LogP contribution in [-0.4, -0.2) is 64.1 Å². The number of aromatic nitrogens is 4. The van der Waals surface area contributed by atoms with Crippen molar-refractivity contribution in [3.8, 4) is 0 Å². The zero-order valence-electron chi connectivity index (χ0n) is 26.8. The molecule has 0 saturated heterocycles. The zero-order valence-corrected chi connectivity index (χ0v) is 26.8. The topological polar surface area (TPSA) is 102 Å². The first-order valence-corrected chi connectivity index (χ1v) is 14.7. The van der Waals surface area contributed by atoms with E-state index in [1.54, 1.807) is 20.8 Å². The van der Waals surface area contributed by atoms with Crippen LogP contribution in [0.4, 0.5) is 51.6 Å². The Balaban J connectivity index is 0.00000376. The van der Waals surface area contributed by atoms with Gasteiger partial charge in [0.05, 0.1) is 29.9 Å². The van der Waals surface area contributed by atoms with Gasteiger partial charge in [-0.25, -0.2) is 13.6 Å². The third-order valence-corrected chi connectivity index (χ3v) is 6.50. The van der Waals surface area contributed by atoms with Crippen LogP contribution in [0.15, 0.2) is 53.6 Å². The second-order valence-corrected chi connectivity index (χ2v) is 10.9. The van der Waals surface area contributed by atoms with Gasteiger partial charge in [-0.2, -0.15) is 31.1 Å². The van der Waals surface area contributed by atoms with Crippen LogP contribution in [0.5, 0.6) is 0 Å². The van der Waals surface area contributed by atoms with E-state index in [0.717, 1.165) is 29.1 Å². The smallest absolute Gasteiger partial charge is 0.416 e. The molecule has 2 N–H and O–H groups in total. The SMILES string of the molecule is C=C(/C=C(\C=C(/C)CN(c1nnn(C[C@H](C)N)n1)C1CCN(C(=O)OC(C)C)c2ccc(C(F)(F)F)cc21)C(F)F)C(F)(F)F.CC. The minimum Gasteiger partial charge on any atom is -0.446 e. The summed E-state index contributed by atoms with van der Waals surface area (Å²) in [5, 5.41) is 12.2. The Morgan fingerprint density at radius 2 is 1.79 bits per heavy atom. The van der Waals surface area contributed by atoms with Gasteiger partial charge in [0.25, 0.3) is 12.4 Å². The number of amides is 1. The molecule has 47 heavy (non-hydrogen) atoms. The highest BCUT2D eigenvalue weighted by Gasteiger charge is 2.38. The van der Waals surface area contributed by atoms with Gasteiger partial charge in [0.15, 0.2) is 0 Å². The van der Waals surface area contributed by atoms with Crippen LogP contribution in [0.2, 0.25) is 0 Å². The molecule has 1 aliphatic rings. The fourth-order valence-corrected chi connectivity index (χ4v) is 4.60. The van der Waals surface area contributed by atoms with Crippen molar-refractivity contribution in [1.82, 2.24) is 20.2 Å². The van der Waals surface area contributed by atoms with Crippen LogP contribution in [0.1, 0.15) is 65.1 Å². The van der Waals surface area contributed by atoms with E-state index in [9.17, 15) is 39.9 Å². The molecular weight excluding hydrogens is 642 g/mol. The number of nitrogens with two attached hydrogens (primary N) is 1. The molecule has 0 radical (unpaired) electrons. The molecule has 1 aromatic carbocycles. The molecule has 0 bridgehead atoms. The van der Waals surface area contributed by atoms with Gasteiger partial charge in [0, 0.05) is 30.3 Å². The van der Waals surface area contributed by atoms with Crippen LogP contribution < -0.4 is 15.5 Å². The van der Waals surface area contributed by atoms with E-state index < -0.39 is 59.8 Å². The number of tetrazole rings is 1. The summed E-state index contributed by atoms with van der Waals surface area (Å²) >= 11 is 0. The summed E-state index contributed by atoms with van der Waals surface area (Å²) in [6.07, 6.45) is -13.2. The Labute approximate surface area is 267 Å². The number of ether oxygens (including phenoxy) is 1. The van der Waals surface area contributed by atoms with Crippen LogP contribution in [0, 0.1) is 0 Å². The number of hydrogen-bond acceptors (Lipinski definition) is 7. The number of alkyl halides is 8. The van der Waals surface area contributed by atoms with Gasteiger partial charge in [-0.3, -0.25) is 4.90 Å². The number of carbonyl (C=O) groups is 1. The molecule has 0 aliphatic carbocycles. The molecule has 2 heterocycles. The number of carbonyl (C=O) groups excluding carboxylic acids is 1. The summed E-state index contributed by atoms with van der Waals surface area (Å²) < 4.78 is 113. The first-order valence-electron chi connectivity index (χ1n) is 14.7. The second-order valence-electron chi connectivity index (χ2n) is 10.9. The first kappa shape index (κ1) is 39.2. The van der Waals surface area contributed by atoms with Gasteiger partial charge in [0.1, 0.15) is 0 Å². The van der Waals surface area contributed by atoms with Gasteiger partial charge in [-0.1, -0.05) is 37.2 Å². The van der Waals surface area contributed by atoms with E-state index in [2.05, 4.69) is 22.0 Å². The Bertz CT molecular complexity index is 1430. The molecule has 0 saturated carbocycles. The lowest BCUT2D eigenvalue weighted by molar-refractivity contribution is -0.137. The monoisotopic (exact) mass is 681 g/mol. The number of fused-ring (bicyclic) bond motifs is 1. The first-order chi connectivity index (χ1) is 21.8. The third-order valence-electron chi connectivity index (χ3n) is 6.50. The maximum Gasteiger partial charge on any atom is 0.416 e. The molecule has 0 spiro atoms. The highest BCUT2D eigenvalue weighted by Crippen LogP contribution is 2.42. The minimum atomic E-state index is -4.94. The van der Waals surface area contributed by atoms with Crippen LogP contribution in [-0.2, 0) is 17.5 Å². The molecule has 17 heteroatoms. The van der Waals surface area contributed by atoms with E-state index >= 15 is 0 Å². The van der Waals surface area contributed by atoms with Crippen molar-refractivity contribution in [3.63, 3.8) is 0 Å². The highest BCUT2D eigenvalue weighted by atomic mass is 19.4. The van der Waals surface area contributed by atoms with E-state index in [0.29, 0.717) is 0 Å². The number of allylic oxidation sites excluding steroid dienone is 4. The summed E-state index contributed by atoms with van der Waals surface area (Å²) in [5.41, 5.74) is 2.56. The zero-order chi connectivity index (χ0) is 35.9. The molecule has 1 aliphatic heterocycles. The summed E-state index contributed by atoms with van der Waals surface area (Å²) in [6, 6.07) is 1.44. The van der Waals surface area contributed by atoms with Crippen molar-refractivity contribution in [3.05, 3.63) is 64.8 Å². The Kier molecular flexibility index (Phi) is 13.5. The van der Waals surface area contributed by atoms with Crippen LogP contribution in [0.25, 0.3) is 0 Å². The fraction of sp³-hybridized carbons (Fsp3) is 0.533. The molecule has 3 rings (SSSR count). The van der Waals surface area contributed by atoms with E-state index in [4.69, 9.17) is 10.5 Å². The average molecular weight is 682 g/mol. The molecule has 9 nitrogen and oxygen atoms in total. The lowest BCUT2D eigenvalue weighted by Gasteiger charge is -2.39. The van der Waals surface area contributed by atoms with Crippen LogP contribution in [0.3, 0.4) is 0 Å². The third kappa shape index (κ3) is 10.8. The number of nitrogens with zero attached hydrogens (tertiary/aromatic N) is 6. The quantitative estimate of drug-likeness (QED) is 0.203. The Morgan fingerprint density at radius 1 is 1.15 bits per heavy atom. The minimum absolute atomic E-state index is 0.0129. The van der Waals surface area contributed by atoms with Crippen molar-refractivity contribution >= 4 is 17.7 Å². The molecule has 1 unspecified atom stereocenters. The molecule has 1 amide bonds. The molecule has 2 atom stereocenters. The summed E-state index contributed by atoms with van der Waals surface area (Å²) in [4.78, 5) is 16.6. The van der Waals surface area contributed by atoms with Crippen molar-refractivity contribution in [2.45, 2.75) is 91.5 Å². The summed E-state index contributed by atoms with van der Waals surface area (Å²) in [5.74, 6) is -0.114. The lowest BCUT2D eigenvalue weighted by atomic mass is 9.92. The second kappa shape index (κ2) is 16.2. The highest BCUT2D eigenvalue weighted by molar-refractivity contribution is 5.90. The van der Waals surface area contributed by atoms with Crippen molar-refractivity contribution in [1.29, 1.82) is 0 Å². The average Bonchev–Trinajstić information content (AvgIpc) is 3.41. The molecule has 0 fully saturated rings. The van der Waals surface area contributed by atoms with Gasteiger partial charge in [-0.15, -0.1) is 5.10 Å². The van der Waals surface area contributed by atoms with E-state index in [1.807, 2.05) is 13.8 Å². The molecule has 1 aromatic heterocycles. The Morgan fingerprint density at radius 3 is 2.32 bits per heavy atom. The summed E-state index contributed by atoms with van der Waals surface area (Å²) in [7, 11) is 0. The number of benzene rings is 1. The van der Waals surface area contributed by atoms with Crippen molar-refractivity contribution in [2.75, 3.05) is 22.9 Å². The number of rotatable bonds is 10. The number of anilines is 2. The number of halogens is 8. The van der Waals surface area contributed by atoms with Gasteiger partial charge in [-0.05, 0) is 69.2 Å². The van der Waals surface area contributed by atoms with E-state index in [1.165, 1.54) is 16.7 Å². The predicted molar refractivity (Wildman–Crippen MR) is 161 cm³/mol. The van der Waals surface area contributed by atoms with Crippen molar-refractivity contribution in [2.24, 2.45) is 5.73 Å². The lowest BCUT2D eigenvalue weighted by Crippen LogP contribution is -2.43. The molecular formula is C30H39F8N7O2. The van der Waals surface area contributed by atoms with Crippen molar-refractivity contribution < 1.29 is 44.7 Å². The maximum atomic E-state index is 13.8. The number of hydrogen-bond donors (Lipinski definition) is 1. The maximum absolute atomic E-state index is 13.8. The van der Waals surface area contributed by atoms with E-state index in [-0.39, 0.29) is 54.9 Å². The standard InChI is InChI=1S/C28H33F8N7O2.C2H6/c1-15(2)45-26(44)41-9-8-23(21-12-20(28(34,35)36)6-7-22(21)41)42(25-38-40-43(39-25)14-18(5)37)13-16(3)10-19(24(29)30)11-17(4)27(31,32)33;1-2/h6-7,10-12,15,18,23-24H,4,8-9,13-14,37H2,1-3,5H3;1-2H3/b16-10+,19-11+;/t18-,23?;/m0./s1. The predicted octanol–water partition coefficient (Wildman–Crippen LogP) is 7.62. The van der Waals surface area contributed by atoms with Gasteiger partial charge in [0.2, 0.25) is 0 Å². The summed E-state index contributed by atoms with van der Waals surface area (Å²) in [6.45, 7) is 12.8. The largest absolute Gasteiger partial charge is 0.446 e.